The topological polar surface area (TPSA) is 103 Å². The van der Waals surface area contributed by atoms with Gasteiger partial charge in [0.1, 0.15) is 0 Å². The first-order chi connectivity index (χ1) is 8.87. The second-order valence-corrected chi connectivity index (χ2v) is 7.92. The van der Waals surface area contributed by atoms with Gasteiger partial charge >= 0.3 is 29.6 Å². The smallest absolute Gasteiger partial charge is 0.748 e. The van der Waals surface area contributed by atoms with Gasteiger partial charge in [0.05, 0.1) is 22.0 Å². The molecule has 1 N–H and O–H groups in total. The number of rotatable bonds is 5. The van der Waals surface area contributed by atoms with Crippen molar-refractivity contribution in [1.29, 1.82) is 0 Å². The van der Waals surface area contributed by atoms with E-state index in [9.17, 15) is 22.6 Å². The third kappa shape index (κ3) is 4.99. The summed E-state index contributed by atoms with van der Waals surface area (Å²) in [7, 11) is -4.13. The molecule has 0 radical (unpaired) electrons. The number of carbonyl (C=O) groups is 2. The van der Waals surface area contributed by atoms with Crippen molar-refractivity contribution in [3.05, 3.63) is 0 Å². The maximum atomic E-state index is 11.6. The molecule has 2 amide bonds. The molecule has 0 bridgehead atoms. The molecule has 1 aliphatic heterocycles. The Hall–Kier alpha value is 0.400. The van der Waals surface area contributed by atoms with Gasteiger partial charge < -0.3 is 4.55 Å². The van der Waals surface area contributed by atoms with Gasteiger partial charge in [-0.2, -0.15) is 11.8 Å². The number of carbonyl (C=O) groups excluding carboxylic acids is 2. The van der Waals surface area contributed by atoms with Crippen LogP contribution in [-0.4, -0.2) is 41.5 Å². The predicted octanol–water partition coefficient (Wildman–Crippen LogP) is -2.90. The van der Waals surface area contributed by atoms with E-state index in [1.54, 1.807) is 11.8 Å². The van der Waals surface area contributed by atoms with Gasteiger partial charge in [-0.05, 0) is 31.4 Å². The van der Waals surface area contributed by atoms with Crippen molar-refractivity contribution in [3.63, 3.8) is 0 Å². The van der Waals surface area contributed by atoms with Crippen molar-refractivity contribution >= 4 is 33.7 Å². The molecule has 3 atom stereocenters. The molecule has 1 heterocycles. The number of nitrogens with one attached hydrogen (secondary N) is 1. The molecule has 2 aliphatic rings. The Bertz CT molecular complexity index is 481. The molecule has 20 heavy (non-hydrogen) atoms. The van der Waals surface area contributed by atoms with Gasteiger partial charge in [-0.25, -0.2) is 8.42 Å². The molecular formula is C11H16NNaO5S2. The standard InChI is InChI=1S/C11H17NO5S2.Na/c13-10-8-3-2-7(6-9(8)11(14)12-10)18-4-1-5-19(15,16)17;/h7-9H,1-6H2,(H,12,13,14)(H,15,16,17);/q;+1/p-1. The zero-order chi connectivity index (χ0) is 14.0. The minimum absolute atomic E-state index is 0. The van der Waals surface area contributed by atoms with Crippen LogP contribution in [0.25, 0.3) is 0 Å². The van der Waals surface area contributed by atoms with Crippen LogP contribution in [0.15, 0.2) is 0 Å². The van der Waals surface area contributed by atoms with Crippen LogP contribution in [-0.2, 0) is 19.7 Å². The fraction of sp³-hybridized carbons (Fsp3) is 0.818. The molecule has 1 saturated heterocycles. The van der Waals surface area contributed by atoms with Crippen LogP contribution in [0.1, 0.15) is 25.7 Å². The molecule has 9 heteroatoms. The van der Waals surface area contributed by atoms with E-state index in [0.717, 1.165) is 6.42 Å². The van der Waals surface area contributed by atoms with E-state index in [4.69, 9.17) is 0 Å². The molecule has 0 aromatic carbocycles. The van der Waals surface area contributed by atoms with E-state index in [0.29, 0.717) is 25.0 Å². The third-order valence-electron chi connectivity index (χ3n) is 3.61. The first-order valence-corrected chi connectivity index (χ1v) is 8.89. The summed E-state index contributed by atoms with van der Waals surface area (Å²) in [6.45, 7) is 0. The number of hydrogen-bond acceptors (Lipinski definition) is 6. The van der Waals surface area contributed by atoms with Crippen LogP contribution < -0.4 is 34.9 Å². The summed E-state index contributed by atoms with van der Waals surface area (Å²) < 4.78 is 31.4. The van der Waals surface area contributed by atoms with Crippen molar-refractivity contribution in [2.75, 3.05) is 11.5 Å². The number of hydrogen-bond donors (Lipinski definition) is 1. The van der Waals surface area contributed by atoms with Gasteiger partial charge in [0.15, 0.2) is 0 Å². The quantitative estimate of drug-likeness (QED) is 0.251. The van der Waals surface area contributed by atoms with Crippen LogP contribution >= 0.6 is 11.8 Å². The Morgan fingerprint density at radius 3 is 2.50 bits per heavy atom. The largest absolute Gasteiger partial charge is 1.00 e. The fourth-order valence-electron chi connectivity index (χ4n) is 2.68. The Morgan fingerprint density at radius 1 is 1.20 bits per heavy atom. The average molecular weight is 329 g/mol. The van der Waals surface area contributed by atoms with Crippen LogP contribution in [0.3, 0.4) is 0 Å². The normalized spacial score (nSPS) is 29.6. The van der Waals surface area contributed by atoms with Crippen LogP contribution in [0, 0.1) is 11.8 Å². The molecule has 2 rings (SSSR count). The van der Waals surface area contributed by atoms with Crippen molar-refractivity contribution in [1.82, 2.24) is 5.32 Å². The molecule has 2 fully saturated rings. The fourth-order valence-corrected chi connectivity index (χ4v) is 4.65. The van der Waals surface area contributed by atoms with Gasteiger partial charge in [-0.3, -0.25) is 14.9 Å². The minimum Gasteiger partial charge on any atom is -0.748 e. The average Bonchev–Trinajstić information content (AvgIpc) is 2.59. The second-order valence-electron chi connectivity index (χ2n) is 4.99. The molecule has 6 nitrogen and oxygen atoms in total. The van der Waals surface area contributed by atoms with Gasteiger partial charge in [-0.15, -0.1) is 0 Å². The van der Waals surface area contributed by atoms with Gasteiger partial charge in [0.2, 0.25) is 11.8 Å². The minimum atomic E-state index is -4.13. The molecule has 108 valence electrons. The van der Waals surface area contributed by atoms with E-state index in [2.05, 4.69) is 5.32 Å². The summed E-state index contributed by atoms with van der Waals surface area (Å²) in [6, 6.07) is 0. The van der Waals surface area contributed by atoms with E-state index in [-0.39, 0.29) is 64.2 Å². The van der Waals surface area contributed by atoms with Crippen LogP contribution in [0.4, 0.5) is 0 Å². The number of amides is 2. The van der Waals surface area contributed by atoms with Gasteiger partial charge in [-0.1, -0.05) is 0 Å². The van der Waals surface area contributed by atoms with Gasteiger partial charge in [0, 0.05) is 11.0 Å². The summed E-state index contributed by atoms with van der Waals surface area (Å²) in [6.07, 6.45) is 2.57. The molecule has 0 aromatic heterocycles. The second kappa shape index (κ2) is 7.60. The first-order valence-electron chi connectivity index (χ1n) is 6.26. The Balaban J connectivity index is 0.00000200. The Kier molecular flexibility index (Phi) is 7.01. The van der Waals surface area contributed by atoms with Crippen molar-refractivity contribution < 1.29 is 52.1 Å². The Morgan fingerprint density at radius 2 is 1.85 bits per heavy atom. The van der Waals surface area contributed by atoms with E-state index in [1.807, 2.05) is 0 Å². The molecule has 1 saturated carbocycles. The predicted molar refractivity (Wildman–Crippen MR) is 69.4 cm³/mol. The summed E-state index contributed by atoms with van der Waals surface area (Å²) in [5, 5.41) is 2.63. The van der Waals surface area contributed by atoms with Gasteiger partial charge in [0.25, 0.3) is 0 Å². The third-order valence-corrected chi connectivity index (χ3v) is 5.83. The summed E-state index contributed by atoms with van der Waals surface area (Å²) in [5.74, 6) is -0.469. The van der Waals surface area contributed by atoms with Crippen LogP contribution in [0.5, 0.6) is 0 Å². The van der Waals surface area contributed by atoms with Crippen molar-refractivity contribution in [3.8, 4) is 0 Å². The maximum Gasteiger partial charge on any atom is 1.00 e. The summed E-state index contributed by atoms with van der Waals surface area (Å²) >= 11 is 1.60. The van der Waals surface area contributed by atoms with E-state index >= 15 is 0 Å². The monoisotopic (exact) mass is 329 g/mol. The first kappa shape index (κ1) is 18.4. The van der Waals surface area contributed by atoms with E-state index < -0.39 is 10.1 Å². The number of thioether (sulfide) groups is 1. The van der Waals surface area contributed by atoms with Crippen molar-refractivity contribution in [2.45, 2.75) is 30.9 Å². The molecule has 1 aliphatic carbocycles. The van der Waals surface area contributed by atoms with Crippen LogP contribution in [0.2, 0.25) is 0 Å². The maximum absolute atomic E-state index is 11.6. The summed E-state index contributed by atoms with van der Waals surface area (Å²) in [4.78, 5) is 23.0. The molecule has 0 spiro atoms. The number of fused-ring (bicyclic) bond motifs is 1. The molecule has 3 unspecified atom stereocenters. The van der Waals surface area contributed by atoms with E-state index in [1.165, 1.54) is 0 Å². The van der Waals surface area contributed by atoms with Crippen molar-refractivity contribution in [2.24, 2.45) is 11.8 Å². The zero-order valence-electron chi connectivity index (χ0n) is 11.3. The molecule has 0 aromatic rings. The summed E-state index contributed by atoms with van der Waals surface area (Å²) in [5.41, 5.74) is 0. The Labute approximate surface area is 144 Å². The SMILES string of the molecule is O=C1NC(=O)C2CC(SCCCS(=O)(=O)[O-])CCC12.[Na+]. The zero-order valence-corrected chi connectivity index (χ0v) is 15.0. The molecular weight excluding hydrogens is 313 g/mol. The number of imide groups is 1.